The van der Waals surface area contributed by atoms with Gasteiger partial charge in [0.05, 0.1) is 0 Å². The maximum atomic E-state index is 5.73. The second kappa shape index (κ2) is 2.17. The van der Waals surface area contributed by atoms with E-state index >= 15 is 0 Å². The predicted octanol–water partition coefficient (Wildman–Crippen LogP) is 1.23. The van der Waals surface area contributed by atoms with Crippen molar-refractivity contribution >= 4 is 11.8 Å². The quantitative estimate of drug-likeness (QED) is 0.597. The van der Waals surface area contributed by atoms with E-state index < -0.39 is 0 Å². The minimum absolute atomic E-state index is 0.570. The molecule has 52 valence electrons. The van der Waals surface area contributed by atoms with Crippen LogP contribution in [0.15, 0.2) is 0 Å². The van der Waals surface area contributed by atoms with Crippen LogP contribution in [0.3, 0.4) is 0 Å². The summed E-state index contributed by atoms with van der Waals surface area (Å²) in [7, 11) is 0. The van der Waals surface area contributed by atoms with E-state index in [1.54, 1.807) is 0 Å². The minimum Gasteiger partial charge on any atom is -0.327 e. The van der Waals surface area contributed by atoms with Crippen molar-refractivity contribution < 1.29 is 0 Å². The molecule has 1 saturated carbocycles. The zero-order valence-corrected chi connectivity index (χ0v) is 6.36. The van der Waals surface area contributed by atoms with E-state index in [1.807, 2.05) is 0 Å². The summed E-state index contributed by atoms with van der Waals surface area (Å²) in [5.41, 5.74) is 5.73. The van der Waals surface area contributed by atoms with Crippen molar-refractivity contribution in [2.45, 2.75) is 30.6 Å². The molecular formula is C7H13NS. The molecule has 1 aliphatic carbocycles. The Bertz CT molecular complexity index is 109. The fraction of sp³-hybridized carbons (Fsp3) is 1.00. The van der Waals surface area contributed by atoms with Gasteiger partial charge in [0.2, 0.25) is 0 Å². The molecule has 2 aliphatic rings. The van der Waals surface area contributed by atoms with Crippen LogP contribution >= 0.6 is 11.8 Å². The van der Waals surface area contributed by atoms with E-state index in [-0.39, 0.29) is 0 Å². The molecule has 1 saturated heterocycles. The molecule has 0 radical (unpaired) electrons. The highest BCUT2D eigenvalue weighted by atomic mass is 32.2. The van der Waals surface area contributed by atoms with E-state index in [2.05, 4.69) is 11.8 Å². The number of nitrogens with two attached hydrogens (primary N) is 1. The first-order valence-corrected chi connectivity index (χ1v) is 4.80. The molecule has 1 heterocycles. The molecule has 2 N–H and O–H groups in total. The van der Waals surface area contributed by atoms with Gasteiger partial charge in [0, 0.05) is 11.3 Å². The van der Waals surface area contributed by atoms with E-state index in [0.29, 0.717) is 6.04 Å². The lowest BCUT2D eigenvalue weighted by Gasteiger charge is -2.03. The molecule has 9 heavy (non-hydrogen) atoms. The number of hydrogen-bond donors (Lipinski definition) is 1. The normalized spacial score (nSPS) is 49.7. The first-order valence-electron chi connectivity index (χ1n) is 3.75. The molecule has 1 nitrogen and oxygen atoms in total. The van der Waals surface area contributed by atoms with Gasteiger partial charge in [0.1, 0.15) is 0 Å². The van der Waals surface area contributed by atoms with Crippen molar-refractivity contribution in [3.63, 3.8) is 0 Å². The monoisotopic (exact) mass is 143 g/mol. The van der Waals surface area contributed by atoms with Gasteiger partial charge in [-0.15, -0.1) is 0 Å². The van der Waals surface area contributed by atoms with Gasteiger partial charge in [0.15, 0.2) is 0 Å². The van der Waals surface area contributed by atoms with Crippen molar-refractivity contribution in [2.75, 3.05) is 5.75 Å². The Balaban J connectivity index is 1.85. The Labute approximate surface area is 60.4 Å². The Hall–Kier alpha value is 0.310. The van der Waals surface area contributed by atoms with Gasteiger partial charge in [0.25, 0.3) is 0 Å². The van der Waals surface area contributed by atoms with E-state index in [4.69, 9.17) is 5.73 Å². The summed E-state index contributed by atoms with van der Waals surface area (Å²) in [6.07, 6.45) is 4.17. The summed E-state index contributed by atoms with van der Waals surface area (Å²) in [5.74, 6) is 2.28. The van der Waals surface area contributed by atoms with Crippen LogP contribution in [0.1, 0.15) is 19.3 Å². The second-order valence-corrected chi connectivity index (χ2v) is 4.46. The summed E-state index contributed by atoms with van der Waals surface area (Å²) in [6, 6.07) is 0.570. The average Bonchev–Trinajstić information content (AvgIpc) is 2.44. The SMILES string of the molecule is N[C@H]1C[C@@H]1C1CCCS1. The summed E-state index contributed by atoms with van der Waals surface area (Å²) >= 11 is 2.14. The maximum Gasteiger partial charge on any atom is 0.00909 e. The molecule has 2 fully saturated rings. The average molecular weight is 143 g/mol. The molecule has 0 aromatic rings. The Morgan fingerprint density at radius 3 is 2.67 bits per heavy atom. The Kier molecular flexibility index (Phi) is 1.46. The van der Waals surface area contributed by atoms with Gasteiger partial charge in [-0.3, -0.25) is 0 Å². The summed E-state index contributed by atoms with van der Waals surface area (Å²) in [4.78, 5) is 0. The molecule has 0 aromatic heterocycles. The third-order valence-corrected chi connectivity index (χ3v) is 3.87. The van der Waals surface area contributed by atoms with Crippen LogP contribution in [-0.2, 0) is 0 Å². The smallest absolute Gasteiger partial charge is 0.00909 e. The topological polar surface area (TPSA) is 26.0 Å². The molecule has 1 unspecified atom stereocenters. The van der Waals surface area contributed by atoms with E-state index in [1.165, 1.54) is 25.0 Å². The minimum atomic E-state index is 0.570. The fourth-order valence-electron chi connectivity index (χ4n) is 1.60. The van der Waals surface area contributed by atoms with Crippen molar-refractivity contribution in [2.24, 2.45) is 11.7 Å². The van der Waals surface area contributed by atoms with E-state index in [0.717, 1.165) is 11.2 Å². The first-order chi connectivity index (χ1) is 4.38. The van der Waals surface area contributed by atoms with Crippen molar-refractivity contribution in [1.82, 2.24) is 0 Å². The number of hydrogen-bond acceptors (Lipinski definition) is 2. The van der Waals surface area contributed by atoms with Crippen LogP contribution in [0.4, 0.5) is 0 Å². The summed E-state index contributed by atoms with van der Waals surface area (Å²) in [5, 5.41) is 0.944. The number of thioether (sulfide) groups is 1. The molecule has 0 spiro atoms. The van der Waals surface area contributed by atoms with Gasteiger partial charge in [-0.05, 0) is 30.9 Å². The second-order valence-electron chi connectivity index (χ2n) is 3.11. The number of rotatable bonds is 1. The van der Waals surface area contributed by atoms with Gasteiger partial charge in [-0.1, -0.05) is 0 Å². The van der Waals surface area contributed by atoms with Crippen LogP contribution in [0.2, 0.25) is 0 Å². The zero-order valence-electron chi connectivity index (χ0n) is 5.55. The molecular weight excluding hydrogens is 130 g/mol. The van der Waals surface area contributed by atoms with Gasteiger partial charge < -0.3 is 5.73 Å². The molecule has 2 rings (SSSR count). The zero-order chi connectivity index (χ0) is 6.27. The van der Waals surface area contributed by atoms with Crippen LogP contribution in [0, 0.1) is 5.92 Å². The largest absolute Gasteiger partial charge is 0.327 e. The lowest BCUT2D eigenvalue weighted by atomic mass is 10.2. The highest BCUT2D eigenvalue weighted by molar-refractivity contribution is 8.00. The van der Waals surface area contributed by atoms with Crippen molar-refractivity contribution in [3.8, 4) is 0 Å². The van der Waals surface area contributed by atoms with E-state index in [9.17, 15) is 0 Å². The molecule has 2 heteroatoms. The molecule has 1 aliphatic heterocycles. The fourth-order valence-corrected chi connectivity index (χ4v) is 3.13. The maximum absolute atomic E-state index is 5.73. The molecule has 3 atom stereocenters. The first kappa shape index (κ1) is 6.05. The summed E-state index contributed by atoms with van der Waals surface area (Å²) in [6.45, 7) is 0. The molecule has 0 amide bonds. The van der Waals surface area contributed by atoms with Gasteiger partial charge in [-0.25, -0.2) is 0 Å². The lowest BCUT2D eigenvalue weighted by molar-refractivity contribution is 0.686. The highest BCUT2D eigenvalue weighted by Gasteiger charge is 2.41. The highest BCUT2D eigenvalue weighted by Crippen LogP contribution is 2.43. The summed E-state index contributed by atoms with van der Waals surface area (Å²) < 4.78 is 0. The lowest BCUT2D eigenvalue weighted by Crippen LogP contribution is -2.09. The third kappa shape index (κ3) is 1.10. The Morgan fingerprint density at radius 1 is 1.44 bits per heavy atom. The molecule has 0 aromatic carbocycles. The van der Waals surface area contributed by atoms with Crippen LogP contribution < -0.4 is 5.73 Å². The van der Waals surface area contributed by atoms with Crippen molar-refractivity contribution in [3.05, 3.63) is 0 Å². The Morgan fingerprint density at radius 2 is 2.22 bits per heavy atom. The molecule has 0 bridgehead atoms. The standard InChI is InChI=1S/C7H13NS/c8-6-4-5(6)7-2-1-3-9-7/h5-7H,1-4,8H2/t5-,6-,7?/m0/s1. The van der Waals surface area contributed by atoms with Crippen LogP contribution in [0.5, 0.6) is 0 Å². The third-order valence-electron chi connectivity index (χ3n) is 2.33. The van der Waals surface area contributed by atoms with Gasteiger partial charge >= 0.3 is 0 Å². The van der Waals surface area contributed by atoms with Gasteiger partial charge in [-0.2, -0.15) is 11.8 Å². The van der Waals surface area contributed by atoms with Crippen LogP contribution in [-0.4, -0.2) is 17.0 Å². The predicted molar refractivity (Wildman–Crippen MR) is 41.6 cm³/mol. The van der Waals surface area contributed by atoms with Crippen molar-refractivity contribution in [1.29, 1.82) is 0 Å². The van der Waals surface area contributed by atoms with Crippen LogP contribution in [0.25, 0.3) is 0 Å².